The van der Waals surface area contributed by atoms with Gasteiger partial charge in [0, 0.05) is 30.2 Å². The molecule has 25 heavy (non-hydrogen) atoms. The average Bonchev–Trinajstić information content (AvgIpc) is 3.12. The Morgan fingerprint density at radius 2 is 1.96 bits per heavy atom. The van der Waals surface area contributed by atoms with Crippen molar-refractivity contribution in [1.29, 1.82) is 0 Å². The number of aromatic amines is 1. The summed E-state index contributed by atoms with van der Waals surface area (Å²) in [5.41, 5.74) is 2.84. The van der Waals surface area contributed by atoms with Gasteiger partial charge in [0.15, 0.2) is 11.6 Å². The molecule has 5 heteroatoms. The first kappa shape index (κ1) is 17.1. The Hall–Kier alpha value is -2.69. The van der Waals surface area contributed by atoms with Gasteiger partial charge >= 0.3 is 0 Å². The Balaban J connectivity index is 2.04. The summed E-state index contributed by atoms with van der Waals surface area (Å²) in [5.74, 6) is 1.64. The number of nitrogens with zero attached hydrogens (tertiary/aromatic N) is 3. The van der Waals surface area contributed by atoms with Crippen LogP contribution in [-0.4, -0.2) is 19.5 Å². The molecule has 130 valence electrons. The quantitative estimate of drug-likeness (QED) is 0.750. The van der Waals surface area contributed by atoms with Crippen molar-refractivity contribution in [2.75, 3.05) is 0 Å². The predicted octanol–water partition coefficient (Wildman–Crippen LogP) is 3.38. The fraction of sp³-hybridized carbons (Fsp3) is 0.350. The van der Waals surface area contributed by atoms with Crippen LogP contribution in [0.15, 0.2) is 47.5 Å². The average molecular weight is 336 g/mol. The van der Waals surface area contributed by atoms with Gasteiger partial charge in [-0.15, -0.1) is 0 Å². The first-order valence-corrected chi connectivity index (χ1v) is 8.70. The number of aromatic nitrogens is 4. The van der Waals surface area contributed by atoms with E-state index >= 15 is 0 Å². The van der Waals surface area contributed by atoms with Crippen LogP contribution >= 0.6 is 0 Å². The molecular formula is C20H24N4O. The maximum Gasteiger partial charge on any atom is 0.257 e. The van der Waals surface area contributed by atoms with Crippen LogP contribution in [0.5, 0.6) is 0 Å². The number of aryl methyl sites for hydroxylation is 2. The monoisotopic (exact) mass is 336 g/mol. The summed E-state index contributed by atoms with van der Waals surface area (Å²) in [6.45, 7) is 6.73. The topological polar surface area (TPSA) is 63.6 Å². The Labute approximate surface area is 147 Å². The normalized spacial score (nSPS) is 11.2. The van der Waals surface area contributed by atoms with Crippen LogP contribution in [0.3, 0.4) is 0 Å². The van der Waals surface area contributed by atoms with Crippen molar-refractivity contribution < 1.29 is 0 Å². The molecular weight excluding hydrogens is 312 g/mol. The van der Waals surface area contributed by atoms with E-state index in [0.717, 1.165) is 24.1 Å². The lowest BCUT2D eigenvalue weighted by atomic mass is 10.0. The number of hydrogen-bond acceptors (Lipinski definition) is 3. The Bertz CT molecular complexity index is 880. The van der Waals surface area contributed by atoms with Gasteiger partial charge in [0.05, 0.1) is 0 Å². The summed E-state index contributed by atoms with van der Waals surface area (Å²) >= 11 is 0. The molecule has 0 amide bonds. The SMILES string of the molecule is Cc1nc(-c2ncc[nH]2)n(CCc2ccccc2)c(=O)c1CC(C)C. The van der Waals surface area contributed by atoms with Gasteiger partial charge in [0.25, 0.3) is 5.56 Å². The van der Waals surface area contributed by atoms with Gasteiger partial charge in [0.2, 0.25) is 0 Å². The highest BCUT2D eigenvalue weighted by Crippen LogP contribution is 2.15. The van der Waals surface area contributed by atoms with Crippen LogP contribution < -0.4 is 5.56 Å². The zero-order valence-electron chi connectivity index (χ0n) is 15.0. The molecule has 3 rings (SSSR count). The first-order chi connectivity index (χ1) is 12.1. The molecule has 2 heterocycles. The molecule has 0 aliphatic rings. The highest BCUT2D eigenvalue weighted by Gasteiger charge is 2.17. The molecule has 0 bridgehead atoms. The van der Waals surface area contributed by atoms with Gasteiger partial charge < -0.3 is 4.98 Å². The smallest absolute Gasteiger partial charge is 0.257 e. The number of H-pyrrole nitrogens is 1. The highest BCUT2D eigenvalue weighted by atomic mass is 16.1. The summed E-state index contributed by atoms with van der Waals surface area (Å²) in [7, 11) is 0. The third-order valence-corrected chi connectivity index (χ3v) is 4.26. The molecule has 2 aromatic heterocycles. The minimum atomic E-state index is 0.0449. The largest absolute Gasteiger partial charge is 0.342 e. The Morgan fingerprint density at radius 1 is 1.20 bits per heavy atom. The van der Waals surface area contributed by atoms with E-state index in [0.29, 0.717) is 24.1 Å². The Kier molecular flexibility index (Phi) is 5.12. The van der Waals surface area contributed by atoms with Crippen LogP contribution in [0, 0.1) is 12.8 Å². The number of hydrogen-bond donors (Lipinski definition) is 1. The van der Waals surface area contributed by atoms with Crippen LogP contribution in [0.1, 0.15) is 30.7 Å². The highest BCUT2D eigenvalue weighted by molar-refractivity contribution is 5.45. The third-order valence-electron chi connectivity index (χ3n) is 4.26. The molecule has 0 fully saturated rings. The maximum absolute atomic E-state index is 13.1. The van der Waals surface area contributed by atoms with E-state index in [1.165, 1.54) is 5.56 Å². The van der Waals surface area contributed by atoms with E-state index in [-0.39, 0.29) is 5.56 Å². The fourth-order valence-corrected chi connectivity index (χ4v) is 3.01. The van der Waals surface area contributed by atoms with E-state index < -0.39 is 0 Å². The molecule has 0 aliphatic heterocycles. The van der Waals surface area contributed by atoms with Gasteiger partial charge in [-0.05, 0) is 31.2 Å². The summed E-state index contributed by atoms with van der Waals surface area (Å²) in [4.78, 5) is 25.2. The van der Waals surface area contributed by atoms with E-state index in [4.69, 9.17) is 4.98 Å². The zero-order chi connectivity index (χ0) is 17.8. The van der Waals surface area contributed by atoms with E-state index in [9.17, 15) is 4.79 Å². The second kappa shape index (κ2) is 7.47. The lowest BCUT2D eigenvalue weighted by Gasteiger charge is -2.15. The van der Waals surface area contributed by atoms with Crippen LogP contribution in [0.2, 0.25) is 0 Å². The molecule has 0 saturated carbocycles. The van der Waals surface area contributed by atoms with E-state index in [2.05, 4.69) is 35.9 Å². The zero-order valence-corrected chi connectivity index (χ0v) is 15.0. The molecule has 0 unspecified atom stereocenters. The maximum atomic E-state index is 13.1. The van der Waals surface area contributed by atoms with Crippen LogP contribution in [0.4, 0.5) is 0 Å². The lowest BCUT2D eigenvalue weighted by Crippen LogP contribution is -2.29. The number of imidazole rings is 1. The van der Waals surface area contributed by atoms with Crippen molar-refractivity contribution >= 4 is 0 Å². The molecule has 3 aromatic rings. The predicted molar refractivity (Wildman–Crippen MR) is 99.5 cm³/mol. The van der Waals surface area contributed by atoms with Crippen molar-refractivity contribution in [2.24, 2.45) is 5.92 Å². The number of nitrogens with one attached hydrogen (secondary N) is 1. The summed E-state index contributed by atoms with van der Waals surface area (Å²) in [5, 5.41) is 0. The Morgan fingerprint density at radius 3 is 2.60 bits per heavy atom. The van der Waals surface area contributed by atoms with Crippen molar-refractivity contribution in [3.63, 3.8) is 0 Å². The molecule has 0 saturated heterocycles. The number of rotatable bonds is 6. The van der Waals surface area contributed by atoms with Crippen LogP contribution in [0.25, 0.3) is 11.6 Å². The van der Waals surface area contributed by atoms with Gasteiger partial charge in [-0.1, -0.05) is 44.2 Å². The van der Waals surface area contributed by atoms with Crippen LogP contribution in [-0.2, 0) is 19.4 Å². The van der Waals surface area contributed by atoms with Gasteiger partial charge in [-0.3, -0.25) is 9.36 Å². The van der Waals surface area contributed by atoms with Crippen molar-refractivity contribution in [1.82, 2.24) is 19.5 Å². The van der Waals surface area contributed by atoms with E-state index in [1.807, 2.05) is 25.1 Å². The summed E-state index contributed by atoms with van der Waals surface area (Å²) in [6.07, 6.45) is 4.95. The molecule has 0 atom stereocenters. The van der Waals surface area contributed by atoms with Crippen molar-refractivity contribution in [3.8, 4) is 11.6 Å². The molecule has 0 aliphatic carbocycles. The molecule has 1 aromatic carbocycles. The van der Waals surface area contributed by atoms with Crippen molar-refractivity contribution in [2.45, 2.75) is 40.2 Å². The molecule has 1 N–H and O–H groups in total. The third kappa shape index (κ3) is 3.87. The van der Waals surface area contributed by atoms with Gasteiger partial charge in [0.1, 0.15) is 0 Å². The summed E-state index contributed by atoms with van der Waals surface area (Å²) < 4.78 is 1.76. The second-order valence-electron chi connectivity index (χ2n) is 6.73. The van der Waals surface area contributed by atoms with Crippen molar-refractivity contribution in [3.05, 3.63) is 69.9 Å². The first-order valence-electron chi connectivity index (χ1n) is 8.70. The van der Waals surface area contributed by atoms with Gasteiger partial charge in [-0.25, -0.2) is 9.97 Å². The van der Waals surface area contributed by atoms with Gasteiger partial charge in [-0.2, -0.15) is 0 Å². The van der Waals surface area contributed by atoms with E-state index in [1.54, 1.807) is 17.0 Å². The second-order valence-corrected chi connectivity index (χ2v) is 6.73. The standard InChI is InChI=1S/C20H24N4O/c1-14(2)13-17-15(3)23-19(18-21-10-11-22-18)24(20(17)25)12-9-16-7-5-4-6-8-16/h4-8,10-11,14H,9,12-13H2,1-3H3,(H,21,22). The molecule has 0 radical (unpaired) electrons. The minimum absolute atomic E-state index is 0.0449. The lowest BCUT2D eigenvalue weighted by molar-refractivity contribution is 0.604. The number of benzene rings is 1. The fourth-order valence-electron chi connectivity index (χ4n) is 3.01. The summed E-state index contributed by atoms with van der Waals surface area (Å²) in [6, 6.07) is 10.2. The molecule has 5 nitrogen and oxygen atoms in total. The minimum Gasteiger partial charge on any atom is -0.342 e. The molecule has 0 spiro atoms.